The maximum Gasteiger partial charge on any atom is 0.251 e. The third-order valence-electron chi connectivity index (χ3n) is 2.38. The second-order valence-corrected chi connectivity index (χ2v) is 4.02. The lowest BCUT2D eigenvalue weighted by Crippen LogP contribution is -2.20. The molecule has 0 aromatic carbocycles. The summed E-state index contributed by atoms with van der Waals surface area (Å²) < 4.78 is 1.56. The number of hydrogen-bond donors (Lipinski definition) is 1. The lowest BCUT2D eigenvalue weighted by atomic mass is 10.3. The minimum atomic E-state index is -0.0614. The van der Waals surface area contributed by atoms with E-state index in [9.17, 15) is 4.79 Å². The van der Waals surface area contributed by atoms with Crippen LogP contribution in [0.25, 0.3) is 0 Å². The van der Waals surface area contributed by atoms with Crippen LogP contribution in [0, 0.1) is 13.8 Å². The first-order chi connectivity index (χ1) is 8.04. The third kappa shape index (κ3) is 2.69. The predicted octanol–water partition coefficient (Wildman–Crippen LogP) is 0.886. The van der Waals surface area contributed by atoms with Crippen molar-refractivity contribution in [3.63, 3.8) is 0 Å². The maximum absolute atomic E-state index is 11.7. The Labute approximate surface area is 99.0 Å². The van der Waals surface area contributed by atoms with Crippen LogP contribution in [0.4, 0.5) is 5.82 Å². The molecule has 5 nitrogen and oxygen atoms in total. The van der Waals surface area contributed by atoms with E-state index in [1.165, 1.54) is 0 Å². The number of aryl methyl sites for hydroxylation is 2. The number of nitrogens with two attached hydrogens (primary N) is 1. The summed E-state index contributed by atoms with van der Waals surface area (Å²) in [4.78, 5) is 20.0. The highest BCUT2D eigenvalue weighted by molar-refractivity contribution is 5.29. The average molecular weight is 230 g/mol. The lowest BCUT2D eigenvalue weighted by Gasteiger charge is -2.06. The smallest absolute Gasteiger partial charge is 0.251 e. The van der Waals surface area contributed by atoms with Gasteiger partial charge in [0.25, 0.3) is 5.56 Å². The van der Waals surface area contributed by atoms with Gasteiger partial charge in [-0.25, -0.2) is 9.97 Å². The molecule has 0 unspecified atom stereocenters. The summed E-state index contributed by atoms with van der Waals surface area (Å²) in [6, 6.07) is 5.15. The number of rotatable bonds is 2. The molecule has 2 aromatic rings. The fraction of sp³-hybridized carbons (Fsp3) is 0.250. The van der Waals surface area contributed by atoms with Crippen LogP contribution in [0.15, 0.2) is 29.2 Å². The van der Waals surface area contributed by atoms with Crippen molar-refractivity contribution in [3.05, 3.63) is 51.8 Å². The molecule has 0 radical (unpaired) electrons. The zero-order chi connectivity index (χ0) is 12.4. The molecule has 0 fully saturated rings. The fourth-order valence-corrected chi connectivity index (χ4v) is 1.62. The molecular formula is C12H14N4O. The number of hydrogen-bond acceptors (Lipinski definition) is 4. The first-order valence-corrected chi connectivity index (χ1v) is 5.32. The molecule has 0 saturated carbocycles. The molecule has 2 rings (SSSR count). The number of aromatic nitrogens is 3. The second-order valence-electron chi connectivity index (χ2n) is 4.02. The highest BCUT2D eigenvalue weighted by atomic mass is 16.1. The van der Waals surface area contributed by atoms with E-state index in [2.05, 4.69) is 9.97 Å². The van der Waals surface area contributed by atoms with Crippen LogP contribution in [0.5, 0.6) is 0 Å². The molecule has 0 saturated heterocycles. The standard InChI is InChI=1S/C12H14N4O/c1-8-3-4-16(12(17)5-8)7-11-14-9(2)6-10(13)15-11/h3-6H,7H2,1-2H3,(H2,13,14,15). The summed E-state index contributed by atoms with van der Waals surface area (Å²) in [5.74, 6) is 0.973. The van der Waals surface area contributed by atoms with Crippen LogP contribution in [-0.2, 0) is 6.54 Å². The Morgan fingerprint density at radius 3 is 2.71 bits per heavy atom. The fourth-order valence-electron chi connectivity index (χ4n) is 1.62. The summed E-state index contributed by atoms with van der Waals surface area (Å²) in [6.45, 7) is 4.07. The van der Waals surface area contributed by atoms with Crippen molar-refractivity contribution < 1.29 is 0 Å². The zero-order valence-corrected chi connectivity index (χ0v) is 9.84. The molecule has 0 bridgehead atoms. The first kappa shape index (κ1) is 11.3. The van der Waals surface area contributed by atoms with Gasteiger partial charge >= 0.3 is 0 Å². The lowest BCUT2D eigenvalue weighted by molar-refractivity contribution is 0.710. The second kappa shape index (κ2) is 4.37. The van der Waals surface area contributed by atoms with E-state index in [0.717, 1.165) is 11.3 Å². The molecule has 0 aliphatic carbocycles. The van der Waals surface area contributed by atoms with Crippen molar-refractivity contribution in [2.24, 2.45) is 0 Å². The van der Waals surface area contributed by atoms with E-state index in [1.807, 2.05) is 19.9 Å². The average Bonchev–Trinajstić information content (AvgIpc) is 2.21. The quantitative estimate of drug-likeness (QED) is 0.831. The normalized spacial score (nSPS) is 10.5. The molecule has 0 atom stereocenters. The van der Waals surface area contributed by atoms with E-state index in [4.69, 9.17) is 5.73 Å². The Morgan fingerprint density at radius 2 is 2.06 bits per heavy atom. The minimum absolute atomic E-state index is 0.0614. The van der Waals surface area contributed by atoms with Crippen LogP contribution in [-0.4, -0.2) is 14.5 Å². The summed E-state index contributed by atoms with van der Waals surface area (Å²) in [6.07, 6.45) is 1.74. The van der Waals surface area contributed by atoms with Gasteiger partial charge in [-0.05, 0) is 25.5 Å². The van der Waals surface area contributed by atoms with Gasteiger partial charge in [0.1, 0.15) is 5.82 Å². The van der Waals surface area contributed by atoms with Gasteiger partial charge in [-0.15, -0.1) is 0 Å². The van der Waals surface area contributed by atoms with Gasteiger partial charge in [0, 0.05) is 24.0 Å². The van der Waals surface area contributed by atoms with Gasteiger partial charge in [0.15, 0.2) is 5.82 Å². The van der Waals surface area contributed by atoms with Gasteiger partial charge in [0.05, 0.1) is 6.54 Å². The molecule has 0 spiro atoms. The van der Waals surface area contributed by atoms with Gasteiger partial charge in [-0.2, -0.15) is 0 Å². The van der Waals surface area contributed by atoms with Crippen molar-refractivity contribution in [1.82, 2.24) is 14.5 Å². The topological polar surface area (TPSA) is 73.8 Å². The Bertz CT molecular complexity index is 583. The van der Waals surface area contributed by atoms with Crippen LogP contribution < -0.4 is 11.3 Å². The number of nitrogen functional groups attached to an aromatic ring is 1. The highest BCUT2D eigenvalue weighted by Gasteiger charge is 2.02. The van der Waals surface area contributed by atoms with Crippen LogP contribution in [0.2, 0.25) is 0 Å². The maximum atomic E-state index is 11.7. The Morgan fingerprint density at radius 1 is 1.29 bits per heavy atom. The summed E-state index contributed by atoms with van der Waals surface area (Å²) in [5, 5.41) is 0. The van der Waals surface area contributed by atoms with E-state index < -0.39 is 0 Å². The van der Waals surface area contributed by atoms with Crippen LogP contribution in [0.3, 0.4) is 0 Å². The van der Waals surface area contributed by atoms with Crippen LogP contribution in [0.1, 0.15) is 17.1 Å². The van der Waals surface area contributed by atoms with Crippen molar-refractivity contribution in [2.75, 3.05) is 5.73 Å². The molecule has 2 N–H and O–H groups in total. The van der Waals surface area contributed by atoms with Gasteiger partial charge in [0.2, 0.25) is 0 Å². The van der Waals surface area contributed by atoms with Gasteiger partial charge in [-0.1, -0.05) is 0 Å². The Kier molecular flexibility index (Phi) is 2.91. The van der Waals surface area contributed by atoms with Crippen molar-refractivity contribution >= 4 is 5.82 Å². The van der Waals surface area contributed by atoms with E-state index in [-0.39, 0.29) is 5.56 Å². The number of anilines is 1. The van der Waals surface area contributed by atoms with Crippen molar-refractivity contribution in [2.45, 2.75) is 20.4 Å². The van der Waals surface area contributed by atoms with E-state index >= 15 is 0 Å². The minimum Gasteiger partial charge on any atom is -0.384 e. The van der Waals surface area contributed by atoms with E-state index in [1.54, 1.807) is 22.9 Å². The van der Waals surface area contributed by atoms with Gasteiger partial charge in [-0.3, -0.25) is 4.79 Å². The monoisotopic (exact) mass is 230 g/mol. The largest absolute Gasteiger partial charge is 0.384 e. The van der Waals surface area contributed by atoms with E-state index in [0.29, 0.717) is 18.2 Å². The predicted molar refractivity (Wildman–Crippen MR) is 65.7 cm³/mol. The molecule has 2 aromatic heterocycles. The Balaban J connectivity index is 2.34. The molecule has 0 aliphatic heterocycles. The third-order valence-corrected chi connectivity index (χ3v) is 2.38. The molecule has 5 heteroatoms. The highest BCUT2D eigenvalue weighted by Crippen LogP contribution is 2.03. The molecule has 2 heterocycles. The number of pyridine rings is 1. The SMILES string of the molecule is Cc1ccn(Cc2nc(C)cc(N)n2)c(=O)c1. The molecule has 0 aliphatic rings. The molecule has 17 heavy (non-hydrogen) atoms. The molecular weight excluding hydrogens is 216 g/mol. The summed E-state index contributed by atoms with van der Waals surface area (Å²) in [7, 11) is 0. The summed E-state index contributed by atoms with van der Waals surface area (Å²) in [5.41, 5.74) is 7.31. The number of nitrogens with zero attached hydrogens (tertiary/aromatic N) is 3. The molecule has 0 amide bonds. The summed E-state index contributed by atoms with van der Waals surface area (Å²) >= 11 is 0. The zero-order valence-electron chi connectivity index (χ0n) is 9.84. The van der Waals surface area contributed by atoms with Crippen LogP contribution >= 0.6 is 0 Å². The Hall–Kier alpha value is -2.17. The van der Waals surface area contributed by atoms with Crippen molar-refractivity contribution in [3.8, 4) is 0 Å². The van der Waals surface area contributed by atoms with Crippen molar-refractivity contribution in [1.29, 1.82) is 0 Å². The molecule has 88 valence electrons. The van der Waals surface area contributed by atoms with Gasteiger partial charge < -0.3 is 10.3 Å². The first-order valence-electron chi connectivity index (χ1n) is 5.32.